The maximum Gasteiger partial charge on any atom is 0.490 e. The molecule has 2 heterocycles. The van der Waals surface area contributed by atoms with Gasteiger partial charge < -0.3 is 29.4 Å². The zero-order valence-corrected chi connectivity index (χ0v) is 18.2. The van der Waals surface area contributed by atoms with Crippen LogP contribution in [0.3, 0.4) is 0 Å². The summed E-state index contributed by atoms with van der Waals surface area (Å²) in [5.74, 6) is 0. The van der Waals surface area contributed by atoms with E-state index >= 15 is 0 Å². The molecule has 1 saturated heterocycles. The molecule has 1 aliphatic rings. The minimum absolute atomic E-state index is 0.0413. The van der Waals surface area contributed by atoms with Gasteiger partial charge in [0.15, 0.2) is 11.9 Å². The lowest BCUT2D eigenvalue weighted by atomic mass is 9.98. The first-order valence-corrected chi connectivity index (χ1v) is 12.5. The fourth-order valence-corrected chi connectivity index (χ4v) is 5.61. The van der Waals surface area contributed by atoms with Crippen LogP contribution in [-0.4, -0.2) is 58.7 Å². The number of hydrogen-bond acceptors (Lipinski definition) is 10. The molecule has 0 amide bonds. The van der Waals surface area contributed by atoms with Crippen LogP contribution >= 0.6 is 35.7 Å². The van der Waals surface area contributed by atoms with Gasteiger partial charge in [0, 0.05) is 6.20 Å². The first kappa shape index (κ1) is 25.6. The molecule has 1 aromatic heterocycles. The van der Waals surface area contributed by atoms with E-state index in [4.69, 9.17) is 31.6 Å². The lowest BCUT2D eigenvalue weighted by Gasteiger charge is -2.24. The number of alkyl halides is 1. The van der Waals surface area contributed by atoms with E-state index in [0.717, 1.165) is 17.7 Å². The molecule has 6 atom stereocenters. The van der Waals surface area contributed by atoms with Crippen LogP contribution in [0.15, 0.2) is 17.1 Å². The van der Waals surface area contributed by atoms with Gasteiger partial charge in [-0.1, -0.05) is 12.2 Å². The first-order chi connectivity index (χ1) is 13.4. The van der Waals surface area contributed by atoms with Crippen LogP contribution < -0.4 is 5.69 Å². The Balaban J connectivity index is 2.13. The van der Waals surface area contributed by atoms with Gasteiger partial charge in [-0.2, -0.15) is 8.62 Å². The quantitative estimate of drug-likeness (QED) is 0.201. The van der Waals surface area contributed by atoms with Gasteiger partial charge in [0.2, 0.25) is 0 Å². The number of halogens is 1. The van der Waals surface area contributed by atoms with Gasteiger partial charge in [0.05, 0.1) is 6.61 Å². The molecule has 15 nitrogen and oxygen atoms in total. The van der Waals surface area contributed by atoms with Crippen LogP contribution in [0, 0.1) is 4.64 Å². The van der Waals surface area contributed by atoms with Crippen molar-refractivity contribution in [1.29, 1.82) is 0 Å². The van der Waals surface area contributed by atoms with E-state index < -0.39 is 59.9 Å². The number of phosphoric ester groups is 1. The second-order valence-corrected chi connectivity index (χ2v) is 10.9. The second-order valence-electron chi connectivity index (χ2n) is 6.03. The standard InChI is InChI=1S/C10H16FN2O13P3S/c1-10(11)7(14)5(24-8(10)13-3-2-6(30)12-9(13)15)4-23-28(19,20)26-29(21,22)25-27(16,17)18/h2-3,5,7-8,14H,4H2,1H3,(H,19,20)(H,21,22)(H,12,15,30)(H2,16,17,18). The maximum absolute atomic E-state index is 15.0. The SMILES string of the molecule is CC1(F)C(O)C(COP(=O)(O)OP(=O)(O)OP(=O)(O)O)OC1n1ccc(=S)[nH]c1=O. The number of rotatable bonds is 8. The number of aliphatic hydroxyl groups excluding tert-OH is 1. The van der Waals surface area contributed by atoms with Crippen molar-refractivity contribution in [3.05, 3.63) is 27.4 Å². The lowest BCUT2D eigenvalue weighted by molar-refractivity contribution is -0.0604. The molecule has 0 saturated carbocycles. The molecule has 0 aliphatic carbocycles. The topological polar surface area (TPSA) is 227 Å². The smallest absolute Gasteiger partial charge is 0.387 e. The van der Waals surface area contributed by atoms with Crippen molar-refractivity contribution in [2.75, 3.05) is 6.61 Å². The molecule has 1 fully saturated rings. The molecular formula is C10H16FN2O13P3S. The van der Waals surface area contributed by atoms with E-state index in [1.807, 2.05) is 0 Å². The number of aromatic amines is 1. The summed E-state index contributed by atoms with van der Waals surface area (Å²) in [6, 6.07) is 1.24. The molecule has 0 bridgehead atoms. The van der Waals surface area contributed by atoms with Crippen molar-refractivity contribution in [3.63, 3.8) is 0 Å². The van der Waals surface area contributed by atoms with Gasteiger partial charge in [-0.05, 0) is 13.0 Å². The van der Waals surface area contributed by atoms with E-state index in [9.17, 15) is 32.9 Å². The molecule has 1 aromatic rings. The third-order valence-electron chi connectivity index (χ3n) is 3.64. The number of aromatic nitrogens is 2. The van der Waals surface area contributed by atoms with Crippen LogP contribution in [0.5, 0.6) is 0 Å². The third-order valence-corrected chi connectivity index (χ3v) is 7.68. The molecule has 6 unspecified atom stereocenters. The first-order valence-electron chi connectivity index (χ1n) is 7.56. The monoisotopic (exact) mass is 516 g/mol. The Morgan fingerprint density at radius 2 is 1.87 bits per heavy atom. The molecule has 0 spiro atoms. The summed E-state index contributed by atoms with van der Waals surface area (Å²) in [6.07, 6.45) is -4.32. The summed E-state index contributed by atoms with van der Waals surface area (Å²) < 4.78 is 65.9. The molecule has 2 rings (SSSR count). The summed E-state index contributed by atoms with van der Waals surface area (Å²) in [5, 5.41) is 10.1. The van der Waals surface area contributed by atoms with Crippen molar-refractivity contribution in [3.8, 4) is 0 Å². The van der Waals surface area contributed by atoms with Crippen LogP contribution in [0.2, 0.25) is 0 Å². The average molecular weight is 516 g/mol. The minimum atomic E-state index is -5.75. The summed E-state index contributed by atoms with van der Waals surface area (Å²) in [6.45, 7) is -0.223. The Bertz CT molecular complexity index is 1050. The lowest BCUT2D eigenvalue weighted by Crippen LogP contribution is -2.42. The Morgan fingerprint density at radius 1 is 1.27 bits per heavy atom. The van der Waals surface area contributed by atoms with Crippen molar-refractivity contribution >= 4 is 35.7 Å². The number of nitrogens with one attached hydrogen (secondary N) is 1. The highest BCUT2D eigenvalue weighted by Crippen LogP contribution is 2.66. The van der Waals surface area contributed by atoms with Crippen molar-refractivity contribution < 1.29 is 60.6 Å². The van der Waals surface area contributed by atoms with Gasteiger partial charge in [-0.25, -0.2) is 22.9 Å². The van der Waals surface area contributed by atoms with E-state index in [-0.39, 0.29) is 4.64 Å². The Morgan fingerprint density at radius 3 is 2.40 bits per heavy atom. The van der Waals surface area contributed by atoms with Crippen LogP contribution in [0.25, 0.3) is 0 Å². The van der Waals surface area contributed by atoms with Gasteiger partial charge >= 0.3 is 29.2 Å². The number of H-pyrrole nitrogens is 1. The summed E-state index contributed by atoms with van der Waals surface area (Å²) >= 11 is 4.75. The summed E-state index contributed by atoms with van der Waals surface area (Å²) in [7, 11) is -16.8. The predicted molar refractivity (Wildman–Crippen MR) is 95.1 cm³/mol. The zero-order valence-electron chi connectivity index (χ0n) is 14.7. The van der Waals surface area contributed by atoms with Gasteiger partial charge in [-0.15, -0.1) is 0 Å². The second kappa shape index (κ2) is 8.71. The van der Waals surface area contributed by atoms with Gasteiger partial charge in [-0.3, -0.25) is 14.1 Å². The number of hydrogen-bond donors (Lipinski definition) is 6. The zero-order chi connectivity index (χ0) is 23.1. The number of phosphoric acid groups is 3. The largest absolute Gasteiger partial charge is 0.490 e. The highest BCUT2D eigenvalue weighted by molar-refractivity contribution is 7.71. The van der Waals surface area contributed by atoms with Crippen LogP contribution in [0.1, 0.15) is 13.2 Å². The highest BCUT2D eigenvalue weighted by Gasteiger charge is 2.56. The third kappa shape index (κ3) is 6.43. The Labute approximate surface area is 171 Å². The molecule has 0 aromatic carbocycles. The number of aliphatic hydroxyl groups is 1. The number of nitrogens with zero attached hydrogens (tertiary/aromatic N) is 1. The molecule has 1 aliphatic heterocycles. The molecule has 30 heavy (non-hydrogen) atoms. The average Bonchev–Trinajstić information content (AvgIpc) is 2.73. The molecule has 6 N–H and O–H groups in total. The van der Waals surface area contributed by atoms with Gasteiger partial charge in [0.1, 0.15) is 16.8 Å². The maximum atomic E-state index is 15.0. The Kier molecular flexibility index (Phi) is 7.44. The summed E-state index contributed by atoms with van der Waals surface area (Å²) in [5.41, 5.74) is -3.48. The van der Waals surface area contributed by atoms with Gasteiger partial charge in [0.25, 0.3) is 0 Å². The fraction of sp³-hybridized carbons (Fsp3) is 0.600. The van der Waals surface area contributed by atoms with Crippen LogP contribution in [0.4, 0.5) is 4.39 Å². The fourth-order valence-electron chi connectivity index (χ4n) is 2.43. The highest BCUT2D eigenvalue weighted by atomic mass is 32.1. The van der Waals surface area contributed by atoms with E-state index in [1.54, 1.807) is 0 Å². The molecule has 172 valence electrons. The van der Waals surface area contributed by atoms with Crippen LogP contribution in [-0.2, 0) is 31.6 Å². The Hall–Kier alpha value is -0.640. The van der Waals surface area contributed by atoms with E-state index in [2.05, 4.69) is 18.1 Å². The van der Waals surface area contributed by atoms with Crippen molar-refractivity contribution in [2.24, 2.45) is 0 Å². The molecular weight excluding hydrogens is 500 g/mol. The van der Waals surface area contributed by atoms with Crippen molar-refractivity contribution in [2.45, 2.75) is 31.0 Å². The number of ether oxygens (including phenoxy) is 1. The van der Waals surface area contributed by atoms with E-state index in [0.29, 0.717) is 0 Å². The molecule has 0 radical (unpaired) electrons. The predicted octanol–water partition coefficient (Wildman–Crippen LogP) is 0.236. The normalized spacial score (nSPS) is 31.2. The summed E-state index contributed by atoms with van der Waals surface area (Å²) in [4.78, 5) is 49.6. The van der Waals surface area contributed by atoms with E-state index in [1.165, 1.54) is 6.07 Å². The van der Waals surface area contributed by atoms with Crippen molar-refractivity contribution in [1.82, 2.24) is 9.55 Å². The molecule has 20 heteroatoms. The minimum Gasteiger partial charge on any atom is -0.387 e.